The SMILES string of the molecule is CN(C)c1cc(C(=O)O)nc(-c2ccc(Cl)cc2)n1. The fourth-order valence-electron chi connectivity index (χ4n) is 1.50. The van der Waals surface area contributed by atoms with Crippen LogP contribution in [0.5, 0.6) is 0 Å². The van der Waals surface area contributed by atoms with Crippen molar-refractivity contribution in [2.75, 3.05) is 19.0 Å². The standard InChI is InChI=1S/C13H12ClN3O2/c1-17(2)11-7-10(13(18)19)15-12(16-11)8-3-5-9(14)6-4-8/h3-7H,1-2H3,(H,18,19). The van der Waals surface area contributed by atoms with Crippen molar-refractivity contribution in [1.29, 1.82) is 0 Å². The Balaban J connectivity index is 2.55. The van der Waals surface area contributed by atoms with E-state index in [-0.39, 0.29) is 5.69 Å². The Kier molecular flexibility index (Phi) is 3.66. The number of carboxylic acid groups (broad SMARTS) is 1. The van der Waals surface area contributed by atoms with Crippen LogP contribution in [0.1, 0.15) is 10.5 Å². The number of hydrogen-bond acceptors (Lipinski definition) is 4. The van der Waals surface area contributed by atoms with Gasteiger partial charge in [0.25, 0.3) is 0 Å². The number of carbonyl (C=O) groups is 1. The summed E-state index contributed by atoms with van der Waals surface area (Å²) in [6.07, 6.45) is 0. The maximum absolute atomic E-state index is 11.1. The molecule has 0 saturated carbocycles. The topological polar surface area (TPSA) is 66.3 Å². The van der Waals surface area contributed by atoms with Gasteiger partial charge in [-0.15, -0.1) is 0 Å². The number of halogens is 1. The van der Waals surface area contributed by atoms with E-state index in [1.807, 2.05) is 0 Å². The van der Waals surface area contributed by atoms with E-state index in [9.17, 15) is 4.79 Å². The van der Waals surface area contributed by atoms with E-state index >= 15 is 0 Å². The first-order valence-electron chi connectivity index (χ1n) is 5.53. The highest BCUT2D eigenvalue weighted by Gasteiger charge is 2.12. The van der Waals surface area contributed by atoms with Crippen LogP contribution in [0.15, 0.2) is 30.3 Å². The van der Waals surface area contributed by atoms with Crippen LogP contribution in [0.3, 0.4) is 0 Å². The van der Waals surface area contributed by atoms with Gasteiger partial charge < -0.3 is 10.0 Å². The number of carboxylic acids is 1. The minimum Gasteiger partial charge on any atom is -0.477 e. The van der Waals surface area contributed by atoms with Crippen molar-refractivity contribution in [3.05, 3.63) is 41.0 Å². The third-order valence-electron chi connectivity index (χ3n) is 2.49. The van der Waals surface area contributed by atoms with Gasteiger partial charge in [0.1, 0.15) is 5.82 Å². The average molecular weight is 278 g/mol. The molecule has 0 bridgehead atoms. The number of aromatic carboxylic acids is 1. The van der Waals surface area contributed by atoms with Crippen molar-refractivity contribution in [3.63, 3.8) is 0 Å². The summed E-state index contributed by atoms with van der Waals surface area (Å²) in [5.41, 5.74) is 0.680. The minimum absolute atomic E-state index is 0.0383. The summed E-state index contributed by atoms with van der Waals surface area (Å²) >= 11 is 5.82. The molecule has 0 saturated heterocycles. The number of rotatable bonds is 3. The Labute approximate surface area is 115 Å². The van der Waals surface area contributed by atoms with Gasteiger partial charge in [-0.3, -0.25) is 0 Å². The molecule has 1 N–H and O–H groups in total. The van der Waals surface area contributed by atoms with E-state index in [1.54, 1.807) is 43.3 Å². The molecule has 0 atom stereocenters. The number of aromatic nitrogens is 2. The van der Waals surface area contributed by atoms with Crippen molar-refractivity contribution in [3.8, 4) is 11.4 Å². The monoisotopic (exact) mass is 277 g/mol. The van der Waals surface area contributed by atoms with E-state index < -0.39 is 5.97 Å². The van der Waals surface area contributed by atoms with Crippen LogP contribution in [0.25, 0.3) is 11.4 Å². The van der Waals surface area contributed by atoms with Crippen LogP contribution in [-0.4, -0.2) is 35.1 Å². The van der Waals surface area contributed by atoms with E-state index in [1.165, 1.54) is 6.07 Å². The van der Waals surface area contributed by atoms with Gasteiger partial charge in [0, 0.05) is 30.7 Å². The molecule has 2 rings (SSSR count). The summed E-state index contributed by atoms with van der Waals surface area (Å²) in [4.78, 5) is 21.2. The van der Waals surface area contributed by atoms with Crippen molar-refractivity contribution in [2.45, 2.75) is 0 Å². The molecule has 0 unspecified atom stereocenters. The van der Waals surface area contributed by atoms with Gasteiger partial charge in [0.2, 0.25) is 0 Å². The Morgan fingerprint density at radius 3 is 2.37 bits per heavy atom. The second-order valence-electron chi connectivity index (χ2n) is 4.14. The lowest BCUT2D eigenvalue weighted by Crippen LogP contribution is -2.14. The molecule has 0 spiro atoms. The Hall–Kier alpha value is -2.14. The van der Waals surface area contributed by atoms with Crippen LogP contribution in [0, 0.1) is 0 Å². The first-order chi connectivity index (χ1) is 8.97. The van der Waals surface area contributed by atoms with Crippen molar-refractivity contribution in [2.24, 2.45) is 0 Å². The Bertz CT molecular complexity index is 612. The molecule has 6 heteroatoms. The second-order valence-corrected chi connectivity index (χ2v) is 4.58. The summed E-state index contributed by atoms with van der Waals surface area (Å²) in [6, 6.07) is 8.36. The number of hydrogen-bond donors (Lipinski definition) is 1. The summed E-state index contributed by atoms with van der Waals surface area (Å²) in [5.74, 6) is -0.182. The van der Waals surface area contributed by atoms with Gasteiger partial charge in [-0.1, -0.05) is 11.6 Å². The molecule has 1 aromatic heterocycles. The van der Waals surface area contributed by atoms with Crippen molar-refractivity contribution in [1.82, 2.24) is 9.97 Å². The zero-order valence-corrected chi connectivity index (χ0v) is 11.2. The normalized spacial score (nSPS) is 10.3. The average Bonchev–Trinajstić information content (AvgIpc) is 2.39. The van der Waals surface area contributed by atoms with Gasteiger partial charge in [0.15, 0.2) is 11.5 Å². The molecule has 1 heterocycles. The number of anilines is 1. The fourth-order valence-corrected chi connectivity index (χ4v) is 1.63. The number of benzene rings is 1. The zero-order valence-electron chi connectivity index (χ0n) is 10.5. The Morgan fingerprint density at radius 1 is 1.21 bits per heavy atom. The molecular weight excluding hydrogens is 266 g/mol. The zero-order chi connectivity index (χ0) is 14.0. The lowest BCUT2D eigenvalue weighted by molar-refractivity contribution is 0.0690. The number of nitrogens with zero attached hydrogens (tertiary/aromatic N) is 3. The maximum Gasteiger partial charge on any atom is 0.354 e. The summed E-state index contributed by atoms with van der Waals surface area (Å²) in [7, 11) is 3.58. The minimum atomic E-state index is -1.08. The second kappa shape index (κ2) is 5.24. The molecule has 0 fully saturated rings. The van der Waals surface area contributed by atoms with Crippen LogP contribution in [-0.2, 0) is 0 Å². The molecular formula is C13H12ClN3O2. The van der Waals surface area contributed by atoms with Gasteiger partial charge in [-0.05, 0) is 24.3 Å². The van der Waals surface area contributed by atoms with Crippen molar-refractivity contribution >= 4 is 23.4 Å². The Morgan fingerprint density at radius 2 is 1.84 bits per heavy atom. The van der Waals surface area contributed by atoms with Crippen LogP contribution < -0.4 is 4.90 Å². The molecule has 0 radical (unpaired) electrons. The van der Waals surface area contributed by atoms with Crippen molar-refractivity contribution < 1.29 is 9.90 Å². The highest BCUT2D eigenvalue weighted by atomic mass is 35.5. The molecule has 0 aliphatic heterocycles. The molecule has 2 aromatic rings. The van der Waals surface area contributed by atoms with E-state index in [0.717, 1.165) is 5.56 Å². The molecule has 0 amide bonds. The smallest absolute Gasteiger partial charge is 0.354 e. The largest absolute Gasteiger partial charge is 0.477 e. The molecule has 19 heavy (non-hydrogen) atoms. The fraction of sp³-hybridized carbons (Fsp3) is 0.154. The lowest BCUT2D eigenvalue weighted by Gasteiger charge is -2.13. The predicted octanol–water partition coefficient (Wildman–Crippen LogP) is 2.56. The first kappa shape index (κ1) is 13.3. The van der Waals surface area contributed by atoms with Gasteiger partial charge in [-0.2, -0.15) is 0 Å². The summed E-state index contributed by atoms with van der Waals surface area (Å²) in [6.45, 7) is 0. The summed E-state index contributed by atoms with van der Waals surface area (Å²) in [5, 5.41) is 9.68. The molecule has 0 aliphatic carbocycles. The van der Waals surface area contributed by atoms with Crippen LogP contribution >= 0.6 is 11.6 Å². The quantitative estimate of drug-likeness (QED) is 0.934. The predicted molar refractivity (Wildman–Crippen MR) is 73.8 cm³/mol. The van der Waals surface area contributed by atoms with Gasteiger partial charge >= 0.3 is 5.97 Å². The highest BCUT2D eigenvalue weighted by Crippen LogP contribution is 2.21. The van der Waals surface area contributed by atoms with Gasteiger partial charge in [-0.25, -0.2) is 14.8 Å². The van der Waals surface area contributed by atoms with E-state index in [4.69, 9.17) is 16.7 Å². The molecule has 98 valence electrons. The van der Waals surface area contributed by atoms with Gasteiger partial charge in [0.05, 0.1) is 0 Å². The third-order valence-corrected chi connectivity index (χ3v) is 2.74. The molecule has 0 aliphatic rings. The molecule has 1 aromatic carbocycles. The van der Waals surface area contributed by atoms with E-state index in [2.05, 4.69) is 9.97 Å². The summed E-state index contributed by atoms with van der Waals surface area (Å²) < 4.78 is 0. The van der Waals surface area contributed by atoms with Crippen LogP contribution in [0.4, 0.5) is 5.82 Å². The highest BCUT2D eigenvalue weighted by molar-refractivity contribution is 6.30. The lowest BCUT2D eigenvalue weighted by atomic mass is 10.2. The van der Waals surface area contributed by atoms with Crippen LogP contribution in [0.2, 0.25) is 5.02 Å². The van der Waals surface area contributed by atoms with E-state index in [0.29, 0.717) is 16.7 Å². The first-order valence-corrected chi connectivity index (χ1v) is 5.91. The third kappa shape index (κ3) is 3.00. The molecule has 5 nitrogen and oxygen atoms in total. The maximum atomic E-state index is 11.1.